The summed E-state index contributed by atoms with van der Waals surface area (Å²) in [5, 5.41) is 10.6. The van der Waals surface area contributed by atoms with Crippen molar-refractivity contribution in [2.24, 2.45) is 5.92 Å². The molecule has 3 rings (SSSR count). The molecule has 0 radical (unpaired) electrons. The van der Waals surface area contributed by atoms with Crippen LogP contribution in [0, 0.1) is 5.92 Å². The maximum absolute atomic E-state index is 10.6. The molecule has 0 aromatic heterocycles. The molecule has 2 nitrogen and oxygen atoms in total. The van der Waals surface area contributed by atoms with Gasteiger partial charge >= 0.3 is 0 Å². The summed E-state index contributed by atoms with van der Waals surface area (Å²) < 4.78 is 0. The molecule has 2 heterocycles. The maximum Gasteiger partial charge on any atom is 0.0764 e. The summed E-state index contributed by atoms with van der Waals surface area (Å²) in [7, 11) is 0. The van der Waals surface area contributed by atoms with E-state index in [1.807, 2.05) is 6.92 Å². The van der Waals surface area contributed by atoms with E-state index in [1.54, 1.807) is 0 Å². The highest BCUT2D eigenvalue weighted by Crippen LogP contribution is 2.34. The lowest BCUT2D eigenvalue weighted by Crippen LogP contribution is -2.55. The van der Waals surface area contributed by atoms with Gasteiger partial charge in [0.25, 0.3) is 0 Å². The Morgan fingerprint density at radius 2 is 2.06 bits per heavy atom. The van der Waals surface area contributed by atoms with Crippen molar-refractivity contribution in [1.29, 1.82) is 0 Å². The summed E-state index contributed by atoms with van der Waals surface area (Å²) in [6.07, 6.45) is 1.75. The largest absolute Gasteiger partial charge is 0.391 e. The maximum atomic E-state index is 10.6. The molecule has 0 unspecified atom stereocenters. The molecule has 0 aliphatic carbocycles. The van der Waals surface area contributed by atoms with Crippen molar-refractivity contribution in [2.45, 2.75) is 38.5 Å². The van der Waals surface area contributed by atoms with Crippen LogP contribution in [0.15, 0.2) is 36.4 Å². The SMILES string of the molecule is C=C(C)[C@@H]1CCN2Cc3ccccc3C[C@H]2[C@H]1O. The van der Waals surface area contributed by atoms with E-state index in [0.717, 1.165) is 31.5 Å². The Hall–Kier alpha value is -1.12. The van der Waals surface area contributed by atoms with E-state index in [9.17, 15) is 5.11 Å². The molecule has 2 heteroatoms. The lowest BCUT2D eigenvalue weighted by molar-refractivity contribution is -0.0274. The molecule has 1 aromatic carbocycles. The molecule has 1 aromatic rings. The number of piperidine rings is 1. The van der Waals surface area contributed by atoms with Crippen LogP contribution >= 0.6 is 0 Å². The molecule has 1 fully saturated rings. The Morgan fingerprint density at radius 3 is 2.78 bits per heavy atom. The summed E-state index contributed by atoms with van der Waals surface area (Å²) in [6, 6.07) is 8.89. The van der Waals surface area contributed by atoms with Gasteiger partial charge in [-0.2, -0.15) is 0 Å². The standard InChI is InChI=1S/C16H21NO/c1-11(2)14-7-8-17-10-13-6-4-3-5-12(13)9-15(17)16(14)18/h3-6,14-16,18H,1,7-10H2,2H3/t14-,15-,16-/m0/s1. The van der Waals surface area contributed by atoms with Gasteiger partial charge in [0.05, 0.1) is 6.10 Å². The van der Waals surface area contributed by atoms with Gasteiger partial charge in [-0.3, -0.25) is 4.90 Å². The molecule has 96 valence electrons. The van der Waals surface area contributed by atoms with E-state index in [-0.39, 0.29) is 18.1 Å². The normalized spacial score (nSPS) is 31.6. The lowest BCUT2D eigenvalue weighted by Gasteiger charge is -2.46. The molecule has 0 bridgehead atoms. The van der Waals surface area contributed by atoms with Crippen LogP contribution in [0.2, 0.25) is 0 Å². The van der Waals surface area contributed by atoms with Crippen molar-refractivity contribution >= 4 is 0 Å². The van der Waals surface area contributed by atoms with Crippen molar-refractivity contribution in [1.82, 2.24) is 4.90 Å². The van der Waals surface area contributed by atoms with Gasteiger partial charge in [0.2, 0.25) is 0 Å². The first kappa shape index (κ1) is 11.9. The molecule has 1 saturated heterocycles. The van der Waals surface area contributed by atoms with Crippen LogP contribution < -0.4 is 0 Å². The van der Waals surface area contributed by atoms with E-state index >= 15 is 0 Å². The minimum Gasteiger partial charge on any atom is -0.391 e. The lowest BCUT2D eigenvalue weighted by atomic mass is 9.79. The Balaban J connectivity index is 1.87. The molecule has 18 heavy (non-hydrogen) atoms. The zero-order valence-corrected chi connectivity index (χ0v) is 11.0. The first-order chi connectivity index (χ1) is 8.66. The molecule has 0 amide bonds. The predicted molar refractivity (Wildman–Crippen MR) is 73.3 cm³/mol. The smallest absolute Gasteiger partial charge is 0.0764 e. The van der Waals surface area contributed by atoms with Crippen molar-refractivity contribution in [3.63, 3.8) is 0 Å². The van der Waals surface area contributed by atoms with Crippen LogP contribution in [-0.4, -0.2) is 28.7 Å². The van der Waals surface area contributed by atoms with E-state index < -0.39 is 0 Å². The quantitative estimate of drug-likeness (QED) is 0.765. The van der Waals surface area contributed by atoms with Gasteiger partial charge in [0.1, 0.15) is 0 Å². The average Bonchev–Trinajstić information content (AvgIpc) is 2.37. The number of aliphatic hydroxyl groups is 1. The summed E-state index contributed by atoms with van der Waals surface area (Å²) in [5.74, 6) is 0.275. The third kappa shape index (κ3) is 1.90. The summed E-state index contributed by atoms with van der Waals surface area (Å²) in [4.78, 5) is 2.44. The minimum absolute atomic E-state index is 0.260. The molecule has 2 aliphatic heterocycles. The third-order valence-electron chi connectivity index (χ3n) is 4.56. The minimum atomic E-state index is -0.260. The molecular formula is C16H21NO. The zero-order chi connectivity index (χ0) is 12.7. The molecule has 2 aliphatic rings. The summed E-state index contributed by atoms with van der Waals surface area (Å²) >= 11 is 0. The molecule has 0 saturated carbocycles. The Labute approximate surface area is 109 Å². The van der Waals surface area contributed by atoms with Crippen molar-refractivity contribution in [2.75, 3.05) is 6.54 Å². The number of benzene rings is 1. The highest BCUT2D eigenvalue weighted by atomic mass is 16.3. The van der Waals surface area contributed by atoms with Crippen molar-refractivity contribution in [3.8, 4) is 0 Å². The van der Waals surface area contributed by atoms with Gasteiger partial charge < -0.3 is 5.11 Å². The molecule has 1 N–H and O–H groups in total. The second-order valence-electron chi connectivity index (χ2n) is 5.74. The number of hydrogen-bond donors (Lipinski definition) is 1. The zero-order valence-electron chi connectivity index (χ0n) is 11.0. The first-order valence-corrected chi connectivity index (χ1v) is 6.81. The van der Waals surface area contributed by atoms with Crippen LogP contribution in [0.5, 0.6) is 0 Å². The monoisotopic (exact) mass is 243 g/mol. The number of rotatable bonds is 1. The highest BCUT2D eigenvalue weighted by molar-refractivity contribution is 5.31. The molecule has 3 atom stereocenters. The van der Waals surface area contributed by atoms with Crippen LogP contribution in [0.4, 0.5) is 0 Å². The Morgan fingerprint density at radius 1 is 1.33 bits per heavy atom. The number of nitrogens with zero attached hydrogens (tertiary/aromatic N) is 1. The Bertz CT molecular complexity index is 468. The first-order valence-electron chi connectivity index (χ1n) is 6.81. The van der Waals surface area contributed by atoms with Crippen LogP contribution in [0.1, 0.15) is 24.5 Å². The van der Waals surface area contributed by atoms with Crippen LogP contribution in [0.25, 0.3) is 0 Å². The van der Waals surface area contributed by atoms with E-state index in [2.05, 4.69) is 35.7 Å². The van der Waals surface area contributed by atoms with E-state index in [4.69, 9.17) is 0 Å². The molecular weight excluding hydrogens is 222 g/mol. The highest BCUT2D eigenvalue weighted by Gasteiger charge is 2.39. The summed E-state index contributed by atoms with van der Waals surface area (Å²) in [6.45, 7) is 8.14. The fraction of sp³-hybridized carbons (Fsp3) is 0.500. The van der Waals surface area contributed by atoms with Crippen LogP contribution in [-0.2, 0) is 13.0 Å². The number of fused-ring (bicyclic) bond motifs is 2. The van der Waals surface area contributed by atoms with Gasteiger partial charge in [-0.1, -0.05) is 36.4 Å². The van der Waals surface area contributed by atoms with Gasteiger partial charge in [-0.25, -0.2) is 0 Å². The van der Waals surface area contributed by atoms with E-state index in [1.165, 1.54) is 11.1 Å². The van der Waals surface area contributed by atoms with Crippen molar-refractivity contribution in [3.05, 3.63) is 47.5 Å². The van der Waals surface area contributed by atoms with Gasteiger partial charge in [-0.05, 0) is 37.4 Å². The molecule has 0 spiro atoms. The van der Waals surface area contributed by atoms with Gasteiger partial charge in [-0.15, -0.1) is 0 Å². The number of hydrogen-bond acceptors (Lipinski definition) is 2. The van der Waals surface area contributed by atoms with Crippen molar-refractivity contribution < 1.29 is 5.11 Å². The third-order valence-corrected chi connectivity index (χ3v) is 4.56. The predicted octanol–water partition coefficient (Wildman–Crippen LogP) is 2.37. The van der Waals surface area contributed by atoms with E-state index in [0.29, 0.717) is 0 Å². The topological polar surface area (TPSA) is 23.5 Å². The number of aliphatic hydroxyl groups excluding tert-OH is 1. The fourth-order valence-electron chi connectivity index (χ4n) is 3.46. The van der Waals surface area contributed by atoms with Crippen LogP contribution in [0.3, 0.4) is 0 Å². The Kier molecular flexibility index (Phi) is 3.00. The second-order valence-corrected chi connectivity index (χ2v) is 5.74. The van der Waals surface area contributed by atoms with Gasteiger partial charge in [0.15, 0.2) is 0 Å². The second kappa shape index (κ2) is 4.52. The fourth-order valence-corrected chi connectivity index (χ4v) is 3.46. The van der Waals surface area contributed by atoms with Gasteiger partial charge in [0, 0.05) is 18.5 Å². The summed E-state index contributed by atoms with van der Waals surface area (Å²) in [5.41, 5.74) is 3.95. The average molecular weight is 243 g/mol.